The van der Waals surface area contributed by atoms with Gasteiger partial charge in [-0.1, -0.05) is 0 Å². The molecule has 0 aromatic rings. The Morgan fingerprint density at radius 2 is 2.18 bits per heavy atom. The van der Waals surface area contributed by atoms with Crippen molar-refractivity contribution in [2.45, 2.75) is 39.2 Å². The van der Waals surface area contributed by atoms with Gasteiger partial charge in [-0.3, -0.25) is 5.14 Å². The number of nitrogens with two attached hydrogens (primary N) is 1. The number of hydrogen-bond acceptors (Lipinski definition) is 3. The van der Waals surface area contributed by atoms with Crippen molar-refractivity contribution in [1.82, 2.24) is 4.90 Å². The molecule has 1 heterocycles. The van der Waals surface area contributed by atoms with Crippen LogP contribution < -0.4 is 5.14 Å². The number of rotatable bonds is 2. The average Bonchev–Trinajstić information content (AvgIpc) is 2.14. The van der Waals surface area contributed by atoms with Gasteiger partial charge in [-0.25, -0.2) is 9.00 Å². The summed E-state index contributed by atoms with van der Waals surface area (Å²) in [4.78, 5) is 13.5. The highest BCUT2D eigenvalue weighted by Crippen LogP contribution is 2.19. The Kier molecular flexibility index (Phi) is 4.94. The Morgan fingerprint density at radius 1 is 1.53 bits per heavy atom. The lowest BCUT2D eigenvalue weighted by Crippen LogP contribution is -2.44. The van der Waals surface area contributed by atoms with E-state index in [1.165, 1.54) is 0 Å². The van der Waals surface area contributed by atoms with E-state index in [1.807, 2.05) is 20.8 Å². The zero-order valence-corrected chi connectivity index (χ0v) is 11.6. The molecule has 0 spiro atoms. The summed E-state index contributed by atoms with van der Waals surface area (Å²) < 4.78 is 16.3. The maximum atomic E-state index is 11.8. The smallest absolute Gasteiger partial charge is 0.410 e. The summed E-state index contributed by atoms with van der Waals surface area (Å²) in [6.07, 6.45) is 1.61. The van der Waals surface area contributed by atoms with E-state index >= 15 is 0 Å². The third kappa shape index (κ3) is 5.50. The minimum Gasteiger partial charge on any atom is -0.444 e. The fourth-order valence-electron chi connectivity index (χ4n) is 1.93. The molecule has 2 N–H and O–H groups in total. The molecule has 1 fully saturated rings. The SMILES string of the molecule is CC(C)(C)OC(=O)N1CCCC(C[S@](N)=O)C1. The van der Waals surface area contributed by atoms with Crippen LogP contribution in [0.25, 0.3) is 0 Å². The van der Waals surface area contributed by atoms with Crippen molar-refractivity contribution in [2.75, 3.05) is 18.8 Å². The highest BCUT2D eigenvalue weighted by Gasteiger charge is 2.27. The van der Waals surface area contributed by atoms with Crippen LogP contribution in [0, 0.1) is 5.92 Å². The molecular formula is C11H22N2O3S. The lowest BCUT2D eigenvalue weighted by atomic mass is 10.0. The summed E-state index contributed by atoms with van der Waals surface area (Å²) >= 11 is 0. The Labute approximate surface area is 105 Å². The van der Waals surface area contributed by atoms with Crippen LogP contribution in [0.1, 0.15) is 33.6 Å². The number of likely N-dealkylation sites (tertiary alicyclic amines) is 1. The van der Waals surface area contributed by atoms with Crippen molar-refractivity contribution in [2.24, 2.45) is 11.1 Å². The molecule has 5 nitrogen and oxygen atoms in total. The standard InChI is InChI=1S/C11H22N2O3S/c1-11(2,3)16-10(14)13-6-4-5-9(7-13)8-17(12)15/h9H,4-8,12H2,1-3H3/t9?,17-/m1/s1. The first-order valence-electron chi connectivity index (χ1n) is 5.88. The van der Waals surface area contributed by atoms with Gasteiger partial charge in [0.25, 0.3) is 0 Å². The molecule has 1 aliphatic heterocycles. The summed E-state index contributed by atoms with van der Waals surface area (Å²) in [5, 5.41) is 5.28. The van der Waals surface area contributed by atoms with Gasteiger partial charge in [-0.05, 0) is 39.5 Å². The molecule has 1 amide bonds. The molecule has 2 atom stereocenters. The van der Waals surface area contributed by atoms with Crippen molar-refractivity contribution in [3.8, 4) is 0 Å². The molecule has 1 saturated heterocycles. The van der Waals surface area contributed by atoms with Crippen molar-refractivity contribution in [3.63, 3.8) is 0 Å². The van der Waals surface area contributed by atoms with Gasteiger partial charge >= 0.3 is 6.09 Å². The second kappa shape index (κ2) is 5.82. The molecule has 0 aromatic heterocycles. The molecule has 0 radical (unpaired) electrons. The van der Waals surface area contributed by atoms with Crippen molar-refractivity contribution in [3.05, 3.63) is 0 Å². The van der Waals surface area contributed by atoms with Gasteiger partial charge in [-0.15, -0.1) is 0 Å². The van der Waals surface area contributed by atoms with Gasteiger partial charge in [-0.2, -0.15) is 0 Å². The summed E-state index contributed by atoms with van der Waals surface area (Å²) in [5.74, 6) is 0.682. The quantitative estimate of drug-likeness (QED) is 0.814. The van der Waals surface area contributed by atoms with Crippen molar-refractivity contribution in [1.29, 1.82) is 0 Å². The molecule has 17 heavy (non-hydrogen) atoms. The predicted molar refractivity (Wildman–Crippen MR) is 67.7 cm³/mol. The summed E-state index contributed by atoms with van der Waals surface area (Å²) in [7, 11) is -1.29. The van der Waals surface area contributed by atoms with Crippen LogP contribution >= 0.6 is 0 Å². The molecule has 0 saturated carbocycles. The maximum absolute atomic E-state index is 11.8. The predicted octanol–water partition coefficient (Wildman–Crippen LogP) is 1.26. The normalized spacial score (nSPS) is 23.3. The van der Waals surface area contributed by atoms with E-state index in [0.29, 0.717) is 18.8 Å². The summed E-state index contributed by atoms with van der Waals surface area (Å²) in [6, 6.07) is 0. The largest absolute Gasteiger partial charge is 0.444 e. The van der Waals surface area contributed by atoms with Gasteiger partial charge in [0.15, 0.2) is 0 Å². The van der Waals surface area contributed by atoms with Gasteiger partial charge in [0.05, 0.1) is 11.0 Å². The second-order valence-corrected chi connectivity index (χ2v) is 6.58. The molecule has 0 aromatic carbocycles. The van der Waals surface area contributed by atoms with Crippen LogP contribution in [-0.4, -0.2) is 39.6 Å². The van der Waals surface area contributed by atoms with Crippen LogP contribution in [0.3, 0.4) is 0 Å². The second-order valence-electron chi connectivity index (χ2n) is 5.48. The van der Waals surface area contributed by atoms with Crippen LogP contribution in [0.5, 0.6) is 0 Å². The topological polar surface area (TPSA) is 72.6 Å². The fourth-order valence-corrected chi connectivity index (χ4v) is 2.66. The first kappa shape index (κ1) is 14.4. The zero-order chi connectivity index (χ0) is 13.1. The lowest BCUT2D eigenvalue weighted by molar-refractivity contribution is 0.0176. The van der Waals surface area contributed by atoms with Gasteiger partial charge in [0.1, 0.15) is 5.60 Å². The Morgan fingerprint density at radius 3 is 2.71 bits per heavy atom. The van der Waals surface area contributed by atoms with E-state index in [0.717, 1.165) is 12.8 Å². The Hall–Kier alpha value is -0.620. The van der Waals surface area contributed by atoms with Crippen molar-refractivity contribution < 1.29 is 13.7 Å². The molecule has 1 unspecified atom stereocenters. The number of nitrogens with zero attached hydrogens (tertiary/aromatic N) is 1. The first-order valence-corrected chi connectivity index (χ1v) is 7.27. The van der Waals surface area contributed by atoms with E-state index in [9.17, 15) is 9.00 Å². The van der Waals surface area contributed by atoms with E-state index in [-0.39, 0.29) is 12.0 Å². The van der Waals surface area contributed by atoms with Crippen LogP contribution in [0.2, 0.25) is 0 Å². The van der Waals surface area contributed by atoms with Crippen LogP contribution in [-0.2, 0) is 15.7 Å². The van der Waals surface area contributed by atoms with E-state index in [2.05, 4.69) is 0 Å². The highest BCUT2D eigenvalue weighted by atomic mass is 32.2. The zero-order valence-electron chi connectivity index (χ0n) is 10.8. The summed E-state index contributed by atoms with van der Waals surface area (Å²) in [6.45, 7) is 6.85. The van der Waals surface area contributed by atoms with Gasteiger partial charge in [0, 0.05) is 18.8 Å². The third-order valence-electron chi connectivity index (χ3n) is 2.57. The summed E-state index contributed by atoms with van der Waals surface area (Å²) in [5.41, 5.74) is -0.472. The first-order chi connectivity index (χ1) is 7.78. The molecule has 100 valence electrons. The number of carbonyl (C=O) groups is 1. The Bertz CT molecular complexity index is 302. The molecule has 0 aliphatic carbocycles. The average molecular weight is 262 g/mol. The number of carbonyl (C=O) groups excluding carboxylic acids is 1. The van der Waals surface area contributed by atoms with Crippen LogP contribution in [0.15, 0.2) is 0 Å². The van der Waals surface area contributed by atoms with Crippen LogP contribution in [0.4, 0.5) is 4.79 Å². The van der Waals surface area contributed by atoms with Gasteiger partial charge in [0.2, 0.25) is 0 Å². The maximum Gasteiger partial charge on any atom is 0.410 e. The molecular weight excluding hydrogens is 240 g/mol. The number of ether oxygens (including phenoxy) is 1. The van der Waals surface area contributed by atoms with Gasteiger partial charge < -0.3 is 9.64 Å². The Balaban J connectivity index is 2.49. The number of hydrogen-bond donors (Lipinski definition) is 1. The fraction of sp³-hybridized carbons (Fsp3) is 0.909. The number of amides is 1. The van der Waals surface area contributed by atoms with E-state index in [1.54, 1.807) is 4.90 Å². The third-order valence-corrected chi connectivity index (χ3v) is 3.37. The number of piperidine rings is 1. The monoisotopic (exact) mass is 262 g/mol. The molecule has 1 aliphatic rings. The molecule has 0 bridgehead atoms. The highest BCUT2D eigenvalue weighted by molar-refractivity contribution is 7.82. The van der Waals surface area contributed by atoms with Crippen molar-refractivity contribution >= 4 is 17.1 Å². The minimum atomic E-state index is -1.29. The lowest BCUT2D eigenvalue weighted by Gasteiger charge is -2.33. The van der Waals surface area contributed by atoms with E-state index < -0.39 is 16.6 Å². The molecule has 1 rings (SSSR count). The van der Waals surface area contributed by atoms with E-state index in [4.69, 9.17) is 9.88 Å². The minimum absolute atomic E-state index is 0.224. The molecule has 6 heteroatoms.